The van der Waals surface area contributed by atoms with Crippen LogP contribution in [0.3, 0.4) is 0 Å². The molecule has 2 N–H and O–H groups in total. The van der Waals surface area contributed by atoms with Crippen LogP contribution >= 0.6 is 12.4 Å². The van der Waals surface area contributed by atoms with E-state index in [2.05, 4.69) is 10.6 Å². The molecule has 1 aliphatic rings. The minimum atomic E-state index is -0.0519. The number of hydrogen-bond acceptors (Lipinski definition) is 4. The van der Waals surface area contributed by atoms with Gasteiger partial charge >= 0.3 is 0 Å². The minimum Gasteiger partial charge on any atom is -0.372 e. The Bertz CT molecular complexity index is 541. The molecule has 2 amide bonds. The third-order valence-corrected chi connectivity index (χ3v) is 3.73. The van der Waals surface area contributed by atoms with Crippen LogP contribution in [0, 0.1) is 0 Å². The molecule has 0 bridgehead atoms. The van der Waals surface area contributed by atoms with Crippen molar-refractivity contribution < 1.29 is 14.3 Å². The van der Waals surface area contributed by atoms with Gasteiger partial charge in [-0.05, 0) is 38.6 Å². The number of morpholine rings is 1. The first kappa shape index (κ1) is 20.4. The average molecular weight is 356 g/mol. The lowest BCUT2D eigenvalue weighted by Crippen LogP contribution is -2.48. The smallest absolute Gasteiger partial charge is 0.254 e. The number of rotatable bonds is 5. The lowest BCUT2D eigenvalue weighted by atomic mass is 10.1. The molecule has 1 fully saturated rings. The molecule has 24 heavy (non-hydrogen) atoms. The van der Waals surface area contributed by atoms with Crippen LogP contribution in [0.1, 0.15) is 29.8 Å². The second kappa shape index (κ2) is 9.61. The Balaban J connectivity index is 0.00000288. The first-order valence-electron chi connectivity index (χ1n) is 7.94. The molecule has 0 aromatic heterocycles. The minimum absolute atomic E-state index is 0. The Labute approximate surface area is 149 Å². The van der Waals surface area contributed by atoms with Crippen LogP contribution in [-0.4, -0.2) is 55.6 Å². The maximum atomic E-state index is 12.5. The van der Waals surface area contributed by atoms with E-state index in [1.165, 1.54) is 0 Å². The van der Waals surface area contributed by atoms with E-state index in [9.17, 15) is 9.59 Å². The van der Waals surface area contributed by atoms with Crippen LogP contribution in [0.5, 0.6) is 0 Å². The number of amides is 2. The highest BCUT2D eigenvalue weighted by atomic mass is 35.5. The highest BCUT2D eigenvalue weighted by molar-refractivity contribution is 5.94. The number of ether oxygens (including phenoxy) is 1. The summed E-state index contributed by atoms with van der Waals surface area (Å²) in [5, 5.41) is 5.61. The van der Waals surface area contributed by atoms with Gasteiger partial charge in [0, 0.05) is 25.2 Å². The van der Waals surface area contributed by atoms with Crippen molar-refractivity contribution in [2.75, 3.05) is 26.7 Å². The monoisotopic (exact) mass is 355 g/mol. The fraction of sp³-hybridized carbons (Fsp3) is 0.529. The van der Waals surface area contributed by atoms with E-state index < -0.39 is 0 Å². The molecule has 0 aliphatic carbocycles. The van der Waals surface area contributed by atoms with Crippen LogP contribution in [0.25, 0.3) is 0 Å². The van der Waals surface area contributed by atoms with Gasteiger partial charge in [-0.25, -0.2) is 0 Å². The largest absolute Gasteiger partial charge is 0.372 e. The topological polar surface area (TPSA) is 70.7 Å². The molecule has 0 spiro atoms. The molecule has 1 aromatic rings. The number of hydrogen-bond donors (Lipinski definition) is 2. The standard InChI is InChI=1S/C17H25N3O3.ClH/c1-12-10-20(11-13(2)23-12)17(22)15-6-4-14(5-7-15)8-19-16(21)9-18-3;/h4-7,12-13,18H,8-11H2,1-3H3,(H,19,21);1H. The molecule has 0 saturated carbocycles. The van der Waals surface area contributed by atoms with Gasteiger partial charge in [0.1, 0.15) is 0 Å². The number of nitrogens with one attached hydrogen (secondary N) is 2. The Morgan fingerprint density at radius 3 is 2.29 bits per heavy atom. The Morgan fingerprint density at radius 1 is 1.17 bits per heavy atom. The maximum absolute atomic E-state index is 12.5. The number of carbonyl (C=O) groups is 2. The molecule has 0 radical (unpaired) electrons. The molecule has 7 heteroatoms. The zero-order valence-electron chi connectivity index (χ0n) is 14.4. The third kappa shape index (κ3) is 5.78. The van der Waals surface area contributed by atoms with E-state index in [0.29, 0.717) is 31.7 Å². The van der Waals surface area contributed by atoms with Gasteiger partial charge < -0.3 is 20.3 Å². The summed E-state index contributed by atoms with van der Waals surface area (Å²) in [6.07, 6.45) is 0.119. The van der Waals surface area contributed by atoms with Crippen molar-refractivity contribution in [2.24, 2.45) is 0 Å². The number of halogens is 1. The summed E-state index contributed by atoms with van der Waals surface area (Å²) in [5.74, 6) is -0.0262. The van der Waals surface area contributed by atoms with E-state index in [0.717, 1.165) is 5.56 Å². The van der Waals surface area contributed by atoms with Crippen molar-refractivity contribution in [3.63, 3.8) is 0 Å². The summed E-state index contributed by atoms with van der Waals surface area (Å²) in [5.41, 5.74) is 1.63. The van der Waals surface area contributed by atoms with Crippen molar-refractivity contribution in [1.29, 1.82) is 0 Å². The van der Waals surface area contributed by atoms with Crippen molar-refractivity contribution in [2.45, 2.75) is 32.6 Å². The molecule has 2 unspecified atom stereocenters. The van der Waals surface area contributed by atoms with Crippen LogP contribution < -0.4 is 10.6 Å². The van der Waals surface area contributed by atoms with Gasteiger partial charge in [-0.1, -0.05) is 12.1 Å². The maximum Gasteiger partial charge on any atom is 0.254 e. The van der Waals surface area contributed by atoms with Crippen molar-refractivity contribution >= 4 is 24.2 Å². The molecule has 6 nitrogen and oxygen atoms in total. The van der Waals surface area contributed by atoms with E-state index in [-0.39, 0.29) is 36.4 Å². The lowest BCUT2D eigenvalue weighted by Gasteiger charge is -2.35. The summed E-state index contributed by atoms with van der Waals surface area (Å²) in [6.45, 7) is 5.94. The van der Waals surface area contributed by atoms with Gasteiger partial charge in [0.2, 0.25) is 5.91 Å². The SMILES string of the molecule is CNCC(=O)NCc1ccc(C(=O)N2CC(C)OC(C)C2)cc1.Cl. The molecule has 2 rings (SSSR count). The van der Waals surface area contributed by atoms with Crippen molar-refractivity contribution in [3.8, 4) is 0 Å². The number of carbonyl (C=O) groups excluding carboxylic acids is 2. The van der Waals surface area contributed by atoms with Gasteiger partial charge in [0.05, 0.1) is 18.8 Å². The van der Waals surface area contributed by atoms with Gasteiger partial charge in [-0.3, -0.25) is 9.59 Å². The second-order valence-corrected chi connectivity index (χ2v) is 5.97. The second-order valence-electron chi connectivity index (χ2n) is 5.97. The summed E-state index contributed by atoms with van der Waals surface area (Å²) in [7, 11) is 1.73. The molecular formula is C17H26ClN3O3. The zero-order chi connectivity index (χ0) is 16.8. The van der Waals surface area contributed by atoms with Gasteiger partial charge in [-0.15, -0.1) is 12.4 Å². The Kier molecular flexibility index (Phi) is 8.18. The fourth-order valence-electron chi connectivity index (χ4n) is 2.72. The van der Waals surface area contributed by atoms with E-state index in [1.807, 2.05) is 43.0 Å². The van der Waals surface area contributed by atoms with E-state index >= 15 is 0 Å². The number of likely N-dealkylation sites (N-methyl/N-ethyl adjacent to an activating group) is 1. The van der Waals surface area contributed by atoms with Crippen LogP contribution in [-0.2, 0) is 16.1 Å². The zero-order valence-corrected chi connectivity index (χ0v) is 15.2. The van der Waals surface area contributed by atoms with Crippen LogP contribution in [0.15, 0.2) is 24.3 Å². The molecule has 134 valence electrons. The highest BCUT2D eigenvalue weighted by Gasteiger charge is 2.26. The van der Waals surface area contributed by atoms with Gasteiger partial charge in [0.25, 0.3) is 5.91 Å². The molecule has 2 atom stereocenters. The summed E-state index contributed by atoms with van der Waals surface area (Å²) in [6, 6.07) is 7.37. The summed E-state index contributed by atoms with van der Waals surface area (Å²) in [4.78, 5) is 25.8. The summed E-state index contributed by atoms with van der Waals surface area (Å²) >= 11 is 0. The predicted octanol–water partition coefficient (Wildman–Crippen LogP) is 1.19. The van der Waals surface area contributed by atoms with Crippen LogP contribution in [0.4, 0.5) is 0 Å². The predicted molar refractivity (Wildman–Crippen MR) is 95.4 cm³/mol. The number of nitrogens with zero attached hydrogens (tertiary/aromatic N) is 1. The Morgan fingerprint density at radius 2 is 1.75 bits per heavy atom. The van der Waals surface area contributed by atoms with E-state index in [4.69, 9.17) is 4.74 Å². The summed E-state index contributed by atoms with van der Waals surface area (Å²) < 4.78 is 5.66. The molecule has 1 saturated heterocycles. The normalized spacial score (nSPS) is 20.2. The third-order valence-electron chi connectivity index (χ3n) is 3.73. The molecular weight excluding hydrogens is 330 g/mol. The molecule has 1 aromatic carbocycles. The highest BCUT2D eigenvalue weighted by Crippen LogP contribution is 2.15. The fourth-order valence-corrected chi connectivity index (χ4v) is 2.72. The molecule has 1 heterocycles. The first-order chi connectivity index (χ1) is 11.0. The van der Waals surface area contributed by atoms with E-state index in [1.54, 1.807) is 7.05 Å². The quantitative estimate of drug-likeness (QED) is 0.832. The molecule has 1 aliphatic heterocycles. The Hall–Kier alpha value is -1.63. The lowest BCUT2D eigenvalue weighted by molar-refractivity contribution is -0.120. The average Bonchev–Trinajstić information content (AvgIpc) is 2.52. The van der Waals surface area contributed by atoms with Crippen LogP contribution in [0.2, 0.25) is 0 Å². The van der Waals surface area contributed by atoms with Crippen molar-refractivity contribution in [1.82, 2.24) is 15.5 Å². The van der Waals surface area contributed by atoms with Gasteiger partial charge in [0.15, 0.2) is 0 Å². The van der Waals surface area contributed by atoms with Crippen molar-refractivity contribution in [3.05, 3.63) is 35.4 Å². The number of benzene rings is 1. The first-order valence-corrected chi connectivity index (χ1v) is 7.94. The van der Waals surface area contributed by atoms with Gasteiger partial charge in [-0.2, -0.15) is 0 Å².